The van der Waals surface area contributed by atoms with E-state index in [0.717, 1.165) is 57.0 Å². The molecule has 2 unspecified atom stereocenters. The van der Waals surface area contributed by atoms with Crippen molar-refractivity contribution < 1.29 is 14.6 Å². The molecule has 160 valence electrons. The number of phenols is 1. The molecule has 0 saturated carbocycles. The first kappa shape index (κ1) is 23.5. The van der Waals surface area contributed by atoms with Crippen LogP contribution in [-0.2, 0) is 11.3 Å². The summed E-state index contributed by atoms with van der Waals surface area (Å²) >= 11 is 0. The number of benzene rings is 2. The molecule has 2 aromatic rings. The van der Waals surface area contributed by atoms with E-state index < -0.39 is 0 Å². The molecule has 0 amide bonds. The summed E-state index contributed by atoms with van der Waals surface area (Å²) in [6.07, 6.45) is 2.14. The molecule has 0 aromatic heterocycles. The standard InChI is InChI=1S/C24H33NO3.ClH/c1-4-22(18-6-9-21(27-3)10-7-18)23(5-2)19-8-11-24(26)20(16-19)17-25-12-14-28-15-13-25;/h6-11,16,22-23,26H,4-5,12-15,17H2,1-3H3;1H. The fraction of sp³-hybridized carbons (Fsp3) is 0.500. The summed E-state index contributed by atoms with van der Waals surface area (Å²) in [6.45, 7) is 8.67. The summed E-state index contributed by atoms with van der Waals surface area (Å²) < 4.78 is 10.8. The van der Waals surface area contributed by atoms with Crippen LogP contribution in [-0.4, -0.2) is 43.4 Å². The maximum Gasteiger partial charge on any atom is 0.120 e. The smallest absolute Gasteiger partial charge is 0.120 e. The molecule has 4 nitrogen and oxygen atoms in total. The molecule has 3 rings (SSSR count). The Balaban J connectivity index is 0.00000300. The highest BCUT2D eigenvalue weighted by molar-refractivity contribution is 5.85. The highest BCUT2D eigenvalue weighted by Gasteiger charge is 2.23. The maximum atomic E-state index is 10.4. The first-order valence-corrected chi connectivity index (χ1v) is 10.4. The van der Waals surface area contributed by atoms with Crippen LogP contribution in [0, 0.1) is 0 Å². The van der Waals surface area contributed by atoms with Gasteiger partial charge in [0, 0.05) is 25.2 Å². The number of methoxy groups -OCH3 is 1. The van der Waals surface area contributed by atoms with Crippen LogP contribution in [0.25, 0.3) is 0 Å². The molecule has 1 saturated heterocycles. The Bertz CT molecular complexity index is 744. The lowest BCUT2D eigenvalue weighted by Crippen LogP contribution is -2.35. The van der Waals surface area contributed by atoms with Gasteiger partial charge in [-0.3, -0.25) is 4.90 Å². The van der Waals surface area contributed by atoms with Gasteiger partial charge in [0.05, 0.1) is 20.3 Å². The van der Waals surface area contributed by atoms with E-state index in [2.05, 4.69) is 43.0 Å². The van der Waals surface area contributed by atoms with E-state index >= 15 is 0 Å². The van der Waals surface area contributed by atoms with Crippen LogP contribution in [0.2, 0.25) is 0 Å². The molecule has 1 aliphatic rings. The third-order valence-electron chi connectivity index (χ3n) is 5.94. The van der Waals surface area contributed by atoms with Crippen LogP contribution in [0.1, 0.15) is 55.2 Å². The minimum atomic E-state index is 0. The third-order valence-corrected chi connectivity index (χ3v) is 5.94. The first-order valence-electron chi connectivity index (χ1n) is 10.4. The summed E-state index contributed by atoms with van der Waals surface area (Å²) in [6, 6.07) is 14.6. The molecule has 1 heterocycles. The lowest BCUT2D eigenvalue weighted by Gasteiger charge is -2.29. The zero-order valence-electron chi connectivity index (χ0n) is 17.8. The normalized spacial score (nSPS) is 16.7. The number of rotatable bonds is 8. The van der Waals surface area contributed by atoms with Crippen molar-refractivity contribution in [3.05, 3.63) is 59.2 Å². The van der Waals surface area contributed by atoms with E-state index in [-0.39, 0.29) is 12.4 Å². The molecule has 1 N–H and O–H groups in total. The molecule has 2 atom stereocenters. The average molecular weight is 420 g/mol. The van der Waals surface area contributed by atoms with E-state index in [4.69, 9.17) is 9.47 Å². The summed E-state index contributed by atoms with van der Waals surface area (Å²) in [4.78, 5) is 2.35. The second-order valence-corrected chi connectivity index (χ2v) is 7.58. The van der Waals surface area contributed by atoms with Crippen LogP contribution in [0.4, 0.5) is 0 Å². The lowest BCUT2D eigenvalue weighted by atomic mass is 9.78. The number of hydrogen-bond donors (Lipinski definition) is 1. The Labute approximate surface area is 181 Å². The number of phenolic OH excluding ortho intramolecular Hbond substituents is 1. The summed E-state index contributed by atoms with van der Waals surface area (Å²) in [7, 11) is 1.70. The Hall–Kier alpha value is -1.75. The Morgan fingerprint density at radius 1 is 0.966 bits per heavy atom. The summed E-state index contributed by atoms with van der Waals surface area (Å²) in [5.41, 5.74) is 3.67. The molecule has 29 heavy (non-hydrogen) atoms. The monoisotopic (exact) mass is 419 g/mol. The second kappa shape index (κ2) is 11.4. The van der Waals surface area contributed by atoms with Crippen molar-refractivity contribution in [3.63, 3.8) is 0 Å². The number of halogens is 1. The molecule has 2 aromatic carbocycles. The quantitative estimate of drug-likeness (QED) is 0.626. The number of hydrogen-bond acceptors (Lipinski definition) is 4. The van der Waals surface area contributed by atoms with Crippen LogP contribution in [0.5, 0.6) is 11.5 Å². The Morgan fingerprint density at radius 2 is 1.55 bits per heavy atom. The highest BCUT2D eigenvalue weighted by Crippen LogP contribution is 2.39. The lowest BCUT2D eigenvalue weighted by molar-refractivity contribution is 0.0339. The van der Waals surface area contributed by atoms with Crippen LogP contribution in [0.15, 0.2) is 42.5 Å². The molecule has 1 aliphatic heterocycles. The van der Waals surface area contributed by atoms with Crippen LogP contribution in [0.3, 0.4) is 0 Å². The van der Waals surface area contributed by atoms with Crippen molar-refractivity contribution >= 4 is 12.4 Å². The van der Waals surface area contributed by atoms with E-state index in [9.17, 15) is 5.11 Å². The van der Waals surface area contributed by atoms with Gasteiger partial charge in [-0.15, -0.1) is 12.4 Å². The zero-order valence-corrected chi connectivity index (χ0v) is 18.6. The van der Waals surface area contributed by atoms with Gasteiger partial charge in [-0.25, -0.2) is 0 Å². The SMILES string of the molecule is CCC(c1ccc(OC)cc1)C(CC)c1ccc(O)c(CN2CCOCC2)c1.Cl. The van der Waals surface area contributed by atoms with E-state index in [1.807, 2.05) is 18.2 Å². The summed E-state index contributed by atoms with van der Waals surface area (Å²) in [5, 5.41) is 10.4. The Kier molecular flexibility index (Phi) is 9.28. The topological polar surface area (TPSA) is 41.9 Å². The van der Waals surface area contributed by atoms with Crippen LogP contribution >= 0.6 is 12.4 Å². The summed E-state index contributed by atoms with van der Waals surface area (Å²) in [5.74, 6) is 2.14. The fourth-order valence-electron chi connectivity index (χ4n) is 4.32. The van der Waals surface area contributed by atoms with Gasteiger partial charge in [0.1, 0.15) is 11.5 Å². The Morgan fingerprint density at radius 3 is 2.14 bits per heavy atom. The van der Waals surface area contributed by atoms with Gasteiger partial charge in [-0.1, -0.05) is 38.1 Å². The second-order valence-electron chi connectivity index (χ2n) is 7.58. The van der Waals surface area contributed by atoms with Crippen molar-refractivity contribution in [1.82, 2.24) is 4.90 Å². The number of aromatic hydroxyl groups is 1. The fourth-order valence-corrected chi connectivity index (χ4v) is 4.32. The zero-order chi connectivity index (χ0) is 19.9. The predicted molar refractivity (Wildman–Crippen MR) is 121 cm³/mol. The highest BCUT2D eigenvalue weighted by atomic mass is 35.5. The molecule has 0 radical (unpaired) electrons. The van der Waals surface area contributed by atoms with Gasteiger partial charge in [0.2, 0.25) is 0 Å². The van der Waals surface area contributed by atoms with E-state index in [0.29, 0.717) is 17.6 Å². The van der Waals surface area contributed by atoms with E-state index in [1.165, 1.54) is 11.1 Å². The van der Waals surface area contributed by atoms with Gasteiger partial charge < -0.3 is 14.6 Å². The van der Waals surface area contributed by atoms with Gasteiger partial charge >= 0.3 is 0 Å². The minimum absolute atomic E-state index is 0. The van der Waals surface area contributed by atoms with Crippen molar-refractivity contribution in [1.29, 1.82) is 0 Å². The van der Waals surface area contributed by atoms with Crippen molar-refractivity contribution in [2.24, 2.45) is 0 Å². The average Bonchev–Trinajstić information content (AvgIpc) is 2.74. The van der Waals surface area contributed by atoms with Crippen LogP contribution < -0.4 is 4.74 Å². The van der Waals surface area contributed by atoms with Gasteiger partial charge in [0.25, 0.3) is 0 Å². The molecule has 5 heteroatoms. The largest absolute Gasteiger partial charge is 0.508 e. The number of morpholine rings is 1. The molecular formula is C24H34ClNO3. The van der Waals surface area contributed by atoms with Crippen molar-refractivity contribution in [2.45, 2.75) is 45.1 Å². The molecular weight excluding hydrogens is 386 g/mol. The third kappa shape index (κ3) is 5.88. The van der Waals surface area contributed by atoms with E-state index in [1.54, 1.807) is 7.11 Å². The van der Waals surface area contributed by atoms with Gasteiger partial charge in [-0.05, 0) is 54.0 Å². The molecule has 0 spiro atoms. The maximum absolute atomic E-state index is 10.4. The molecule has 1 fully saturated rings. The van der Waals surface area contributed by atoms with Crippen molar-refractivity contribution in [3.8, 4) is 11.5 Å². The van der Waals surface area contributed by atoms with Gasteiger partial charge in [-0.2, -0.15) is 0 Å². The van der Waals surface area contributed by atoms with Gasteiger partial charge in [0.15, 0.2) is 0 Å². The number of nitrogens with zero attached hydrogens (tertiary/aromatic N) is 1. The minimum Gasteiger partial charge on any atom is -0.508 e. The molecule has 0 aliphatic carbocycles. The predicted octanol–water partition coefficient (Wildman–Crippen LogP) is 5.34. The van der Waals surface area contributed by atoms with Crippen molar-refractivity contribution in [2.75, 3.05) is 33.4 Å². The first-order chi connectivity index (χ1) is 13.7. The number of ether oxygens (including phenoxy) is 2. The molecule has 0 bridgehead atoms.